The minimum Gasteiger partial charge on any atom is -0.591 e. The number of carbonyl (C=O) groups is 1. The molecule has 7 heteroatoms. The van der Waals surface area contributed by atoms with Crippen molar-refractivity contribution in [2.75, 3.05) is 12.4 Å². The lowest BCUT2D eigenvalue weighted by Gasteiger charge is -2.02. The third-order valence-corrected chi connectivity index (χ3v) is 3.52. The average molecular weight is 332 g/mol. The molecule has 0 spiro atoms. The van der Waals surface area contributed by atoms with Gasteiger partial charge in [-0.3, -0.25) is 4.79 Å². The Kier molecular flexibility index (Phi) is 7.55. The molecule has 2 rings (SSSR count). The lowest BCUT2D eigenvalue weighted by molar-refractivity contribution is -0.160. The molecule has 118 valence electrons. The van der Waals surface area contributed by atoms with Gasteiger partial charge in [0.15, 0.2) is 5.30 Å². The molecule has 0 amide bonds. The van der Waals surface area contributed by atoms with Crippen LogP contribution in [-0.4, -0.2) is 13.3 Å². The van der Waals surface area contributed by atoms with Gasteiger partial charge in [-0.15, -0.1) is 0 Å². The van der Waals surface area contributed by atoms with Crippen LogP contribution >= 0.6 is 8.03 Å². The second-order valence-electron chi connectivity index (χ2n) is 4.36. The van der Waals surface area contributed by atoms with Crippen LogP contribution in [0.5, 0.6) is 0 Å². The fourth-order valence-corrected chi connectivity index (χ4v) is 2.12. The van der Waals surface area contributed by atoms with Crippen molar-refractivity contribution in [2.24, 2.45) is 0 Å². The first kappa shape index (κ1) is 18.4. The van der Waals surface area contributed by atoms with E-state index in [0.29, 0.717) is 17.4 Å². The number of halogens is 1. The Balaban J connectivity index is 0.000000231. The van der Waals surface area contributed by atoms with E-state index in [1.165, 1.54) is 24.3 Å². The fourth-order valence-electron chi connectivity index (χ4n) is 1.66. The normalized spacial score (nSPS) is 9.91. The Morgan fingerprint density at radius 3 is 2.65 bits per heavy atom. The van der Waals surface area contributed by atoms with E-state index in [9.17, 15) is 18.6 Å². The zero-order chi connectivity index (χ0) is 17.2. The summed E-state index contributed by atoms with van der Waals surface area (Å²) in [7, 11) is -0.823. The van der Waals surface area contributed by atoms with Gasteiger partial charge < -0.3 is 10.2 Å². The van der Waals surface area contributed by atoms with E-state index in [1.54, 1.807) is 25.2 Å². The van der Waals surface area contributed by atoms with Gasteiger partial charge in [0, 0.05) is 29.9 Å². The Bertz CT molecular complexity index is 744. The van der Waals surface area contributed by atoms with Crippen molar-refractivity contribution in [3.8, 4) is 6.07 Å². The standard InChI is InChI=1S/C9H9FN2.C7H5O3P/c1-12-8-2-3-9(10)7(6-8)4-5-11;8-5-6-2-1-3-7(4-6)11(9)10/h2-3,6,12H,4H2,1H3;1-5H. The first-order valence-corrected chi connectivity index (χ1v) is 7.72. The summed E-state index contributed by atoms with van der Waals surface area (Å²) in [6, 6.07) is 12.4. The van der Waals surface area contributed by atoms with Crippen LogP contribution in [0.4, 0.5) is 10.1 Å². The Labute approximate surface area is 134 Å². The van der Waals surface area contributed by atoms with Crippen LogP contribution in [0.25, 0.3) is 0 Å². The SMILES string of the molecule is CNc1ccc(F)c(CC#N)c1.O=Cc1cccc([P+](=O)[O-])c1. The summed E-state index contributed by atoms with van der Waals surface area (Å²) >= 11 is 0. The monoisotopic (exact) mass is 332 g/mol. The zero-order valence-corrected chi connectivity index (χ0v) is 13.2. The predicted molar refractivity (Wildman–Crippen MR) is 84.3 cm³/mol. The number of nitriles is 1. The van der Waals surface area contributed by atoms with Crippen molar-refractivity contribution >= 4 is 25.3 Å². The number of hydrogen-bond donors (Lipinski definition) is 1. The van der Waals surface area contributed by atoms with Crippen molar-refractivity contribution < 1.29 is 18.6 Å². The van der Waals surface area contributed by atoms with Gasteiger partial charge in [0.25, 0.3) is 0 Å². The summed E-state index contributed by atoms with van der Waals surface area (Å²) in [5.74, 6) is -0.324. The van der Waals surface area contributed by atoms with E-state index in [4.69, 9.17) is 5.26 Å². The van der Waals surface area contributed by atoms with Crippen molar-refractivity contribution in [1.82, 2.24) is 0 Å². The number of benzene rings is 2. The molecule has 0 radical (unpaired) electrons. The summed E-state index contributed by atoms with van der Waals surface area (Å²) in [4.78, 5) is 20.6. The molecule has 0 saturated heterocycles. The molecule has 2 aromatic rings. The van der Waals surface area contributed by atoms with Gasteiger partial charge in [0.1, 0.15) is 12.1 Å². The number of hydrogen-bond acceptors (Lipinski definition) is 5. The van der Waals surface area contributed by atoms with E-state index in [1.807, 2.05) is 6.07 Å². The lowest BCUT2D eigenvalue weighted by atomic mass is 10.1. The van der Waals surface area contributed by atoms with Crippen LogP contribution in [0.2, 0.25) is 0 Å². The van der Waals surface area contributed by atoms with Crippen LogP contribution in [0, 0.1) is 17.1 Å². The number of carbonyl (C=O) groups excluding carboxylic acids is 1. The largest absolute Gasteiger partial charge is 0.591 e. The highest BCUT2D eigenvalue weighted by atomic mass is 31.1. The molecule has 0 heterocycles. The van der Waals surface area contributed by atoms with Gasteiger partial charge in [0.2, 0.25) is 0 Å². The quantitative estimate of drug-likeness (QED) is 0.684. The third-order valence-electron chi connectivity index (χ3n) is 2.82. The van der Waals surface area contributed by atoms with E-state index in [2.05, 4.69) is 5.32 Å². The molecule has 23 heavy (non-hydrogen) atoms. The summed E-state index contributed by atoms with van der Waals surface area (Å²) in [6.45, 7) is 0. The zero-order valence-electron chi connectivity index (χ0n) is 12.3. The molecule has 0 aliphatic rings. The fraction of sp³-hybridized carbons (Fsp3) is 0.125. The molecule has 0 fully saturated rings. The number of nitrogens with zero attached hydrogens (tertiary/aromatic N) is 1. The van der Waals surface area contributed by atoms with Crippen LogP contribution < -0.4 is 15.5 Å². The second-order valence-corrected chi connectivity index (χ2v) is 5.39. The van der Waals surface area contributed by atoms with Crippen LogP contribution in [-0.2, 0) is 11.0 Å². The number of rotatable bonds is 4. The molecule has 0 saturated carbocycles. The Hall–Kier alpha value is -2.61. The highest BCUT2D eigenvalue weighted by molar-refractivity contribution is 7.45. The molecular weight excluding hydrogens is 318 g/mol. The lowest BCUT2D eigenvalue weighted by Crippen LogP contribution is -2.04. The first-order chi connectivity index (χ1) is 11.0. The predicted octanol–water partition coefficient (Wildman–Crippen LogP) is 2.16. The molecule has 0 aliphatic heterocycles. The minimum absolute atomic E-state index is 0.112. The molecule has 0 bridgehead atoms. The van der Waals surface area contributed by atoms with Gasteiger partial charge in [-0.05, 0) is 24.3 Å². The first-order valence-electron chi connectivity index (χ1n) is 6.54. The van der Waals surface area contributed by atoms with Crippen molar-refractivity contribution in [1.29, 1.82) is 5.26 Å². The van der Waals surface area contributed by atoms with Gasteiger partial charge in [-0.2, -0.15) is 5.26 Å². The van der Waals surface area contributed by atoms with Crippen molar-refractivity contribution in [3.05, 3.63) is 59.4 Å². The van der Waals surface area contributed by atoms with Gasteiger partial charge in [-0.25, -0.2) is 4.39 Å². The van der Waals surface area contributed by atoms with Crippen molar-refractivity contribution in [3.63, 3.8) is 0 Å². The second kappa shape index (κ2) is 9.42. The smallest absolute Gasteiger partial charge is 0.348 e. The molecule has 0 aliphatic carbocycles. The highest BCUT2D eigenvalue weighted by Crippen LogP contribution is 2.14. The molecule has 2 aromatic carbocycles. The maximum Gasteiger partial charge on any atom is 0.348 e. The van der Waals surface area contributed by atoms with E-state index >= 15 is 0 Å². The number of nitrogens with one attached hydrogen (secondary N) is 1. The summed E-state index contributed by atoms with van der Waals surface area (Å²) in [5.41, 5.74) is 1.63. The summed E-state index contributed by atoms with van der Waals surface area (Å²) in [6.07, 6.45) is 0.726. The van der Waals surface area contributed by atoms with E-state index < -0.39 is 8.03 Å². The van der Waals surface area contributed by atoms with Crippen LogP contribution in [0.1, 0.15) is 15.9 Å². The summed E-state index contributed by atoms with van der Waals surface area (Å²) < 4.78 is 23.3. The van der Waals surface area contributed by atoms with Gasteiger partial charge in [-0.1, -0.05) is 16.7 Å². The molecular formula is C16H14FN2O3P. The highest BCUT2D eigenvalue weighted by Gasteiger charge is 2.06. The van der Waals surface area contributed by atoms with E-state index in [0.717, 1.165) is 5.69 Å². The summed E-state index contributed by atoms with van der Waals surface area (Å²) in [5, 5.41) is 11.4. The average Bonchev–Trinajstić information content (AvgIpc) is 2.57. The maximum absolute atomic E-state index is 12.9. The Morgan fingerprint density at radius 1 is 1.35 bits per heavy atom. The maximum atomic E-state index is 12.9. The Morgan fingerprint density at radius 2 is 2.09 bits per heavy atom. The van der Waals surface area contributed by atoms with Crippen molar-refractivity contribution in [2.45, 2.75) is 6.42 Å². The van der Waals surface area contributed by atoms with Crippen LogP contribution in [0.3, 0.4) is 0 Å². The van der Waals surface area contributed by atoms with Gasteiger partial charge >= 0.3 is 8.03 Å². The topological polar surface area (TPSA) is 93.0 Å². The number of aldehydes is 1. The van der Waals surface area contributed by atoms with Gasteiger partial charge in [0.05, 0.1) is 12.5 Å². The van der Waals surface area contributed by atoms with E-state index in [-0.39, 0.29) is 17.5 Å². The minimum atomic E-state index is -2.58. The molecule has 1 N–H and O–H groups in total. The number of anilines is 1. The molecule has 1 atom stereocenters. The molecule has 0 aromatic heterocycles. The molecule has 5 nitrogen and oxygen atoms in total. The van der Waals surface area contributed by atoms with Crippen LogP contribution in [0.15, 0.2) is 42.5 Å². The third kappa shape index (κ3) is 5.95. The molecule has 1 unspecified atom stereocenters.